The summed E-state index contributed by atoms with van der Waals surface area (Å²) in [7, 11) is 0. The summed E-state index contributed by atoms with van der Waals surface area (Å²) in [4.78, 5) is 10.1. The number of nitrogens with zero attached hydrogens (tertiary/aromatic N) is 1. The van der Waals surface area contributed by atoms with Crippen LogP contribution in [0.5, 0.6) is 0 Å². The van der Waals surface area contributed by atoms with Crippen LogP contribution in [0.1, 0.15) is 12.0 Å². The fourth-order valence-electron chi connectivity index (χ4n) is 1.12. The maximum atomic E-state index is 10.5. The summed E-state index contributed by atoms with van der Waals surface area (Å²) in [6.07, 6.45) is 1.67. The van der Waals surface area contributed by atoms with Crippen LogP contribution in [0.2, 0.25) is 5.02 Å². The second-order valence-electron chi connectivity index (χ2n) is 2.83. The first-order valence-electron chi connectivity index (χ1n) is 4.14. The van der Waals surface area contributed by atoms with E-state index in [1.54, 1.807) is 6.07 Å². The van der Waals surface area contributed by atoms with Gasteiger partial charge in [0.1, 0.15) is 0 Å². The van der Waals surface area contributed by atoms with E-state index in [0.717, 1.165) is 23.7 Å². The summed E-state index contributed by atoms with van der Waals surface area (Å²) in [5.74, 6) is 0. The van der Waals surface area contributed by atoms with Gasteiger partial charge in [-0.3, -0.25) is 10.1 Å². The summed E-state index contributed by atoms with van der Waals surface area (Å²) in [5.41, 5.74) is 0.930. The van der Waals surface area contributed by atoms with Gasteiger partial charge in [0.15, 0.2) is 0 Å². The highest BCUT2D eigenvalue weighted by Gasteiger charge is 2.08. The van der Waals surface area contributed by atoms with Crippen molar-refractivity contribution in [2.24, 2.45) is 0 Å². The fraction of sp³-hybridized carbons (Fsp3) is 0.333. The van der Waals surface area contributed by atoms with E-state index < -0.39 is 4.92 Å². The standard InChI is InChI=1S/C9H9BrClNO2/c10-5-1-2-7-6-8(12(13)14)3-4-9(7)11/h3-4,6H,1-2,5H2. The number of hydrogen-bond donors (Lipinski definition) is 0. The minimum Gasteiger partial charge on any atom is -0.258 e. The molecule has 0 aliphatic heterocycles. The first kappa shape index (κ1) is 11.5. The van der Waals surface area contributed by atoms with Gasteiger partial charge in [0.25, 0.3) is 5.69 Å². The molecule has 0 N–H and O–H groups in total. The van der Waals surface area contributed by atoms with E-state index in [-0.39, 0.29) is 5.69 Å². The van der Waals surface area contributed by atoms with Crippen LogP contribution in [0.15, 0.2) is 18.2 Å². The zero-order valence-corrected chi connectivity index (χ0v) is 9.71. The summed E-state index contributed by atoms with van der Waals surface area (Å²) in [6, 6.07) is 4.52. The van der Waals surface area contributed by atoms with Crippen molar-refractivity contribution in [1.82, 2.24) is 0 Å². The van der Waals surface area contributed by atoms with E-state index in [0.29, 0.717) is 5.02 Å². The van der Waals surface area contributed by atoms with E-state index in [9.17, 15) is 10.1 Å². The molecule has 0 aromatic heterocycles. The van der Waals surface area contributed by atoms with Crippen LogP contribution >= 0.6 is 27.5 Å². The molecule has 3 nitrogen and oxygen atoms in total. The number of hydrogen-bond acceptors (Lipinski definition) is 2. The number of aryl methyl sites for hydroxylation is 1. The maximum absolute atomic E-state index is 10.5. The normalized spacial score (nSPS) is 10.1. The molecule has 0 radical (unpaired) electrons. The molecule has 0 unspecified atom stereocenters. The molecule has 0 amide bonds. The SMILES string of the molecule is O=[N+]([O-])c1ccc(Cl)c(CCCBr)c1. The van der Waals surface area contributed by atoms with Crippen LogP contribution in [0.3, 0.4) is 0 Å². The summed E-state index contributed by atoms with van der Waals surface area (Å²) in [6.45, 7) is 0. The van der Waals surface area contributed by atoms with E-state index >= 15 is 0 Å². The van der Waals surface area contributed by atoms with Gasteiger partial charge in [0.2, 0.25) is 0 Å². The Morgan fingerprint density at radius 2 is 2.21 bits per heavy atom. The molecule has 0 fully saturated rings. The van der Waals surface area contributed by atoms with Crippen molar-refractivity contribution in [3.8, 4) is 0 Å². The Labute approximate surface area is 95.4 Å². The lowest BCUT2D eigenvalue weighted by atomic mass is 10.1. The zero-order chi connectivity index (χ0) is 10.6. The van der Waals surface area contributed by atoms with Gasteiger partial charge in [-0.15, -0.1) is 0 Å². The van der Waals surface area contributed by atoms with Crippen molar-refractivity contribution in [2.45, 2.75) is 12.8 Å². The van der Waals surface area contributed by atoms with Crippen molar-refractivity contribution in [3.05, 3.63) is 38.9 Å². The van der Waals surface area contributed by atoms with Crippen molar-refractivity contribution >= 4 is 33.2 Å². The molecule has 76 valence electrons. The molecule has 5 heteroatoms. The van der Waals surface area contributed by atoms with Crippen molar-refractivity contribution in [3.63, 3.8) is 0 Å². The van der Waals surface area contributed by atoms with Gasteiger partial charge < -0.3 is 0 Å². The molecule has 0 aliphatic rings. The third kappa shape index (κ3) is 2.96. The van der Waals surface area contributed by atoms with Crippen LogP contribution in [0.25, 0.3) is 0 Å². The van der Waals surface area contributed by atoms with Gasteiger partial charge >= 0.3 is 0 Å². The topological polar surface area (TPSA) is 43.1 Å². The second kappa shape index (κ2) is 5.32. The Balaban J connectivity index is 2.90. The van der Waals surface area contributed by atoms with Gasteiger partial charge in [-0.1, -0.05) is 27.5 Å². The van der Waals surface area contributed by atoms with Crippen LogP contribution in [0.4, 0.5) is 5.69 Å². The Hall–Kier alpha value is -0.610. The lowest BCUT2D eigenvalue weighted by Gasteiger charge is -2.02. The molecule has 0 aliphatic carbocycles. The van der Waals surface area contributed by atoms with Crippen molar-refractivity contribution in [2.75, 3.05) is 5.33 Å². The maximum Gasteiger partial charge on any atom is 0.269 e. The van der Waals surface area contributed by atoms with E-state index in [2.05, 4.69) is 15.9 Å². The number of nitro benzene ring substituents is 1. The molecule has 0 saturated carbocycles. The minimum atomic E-state index is -0.409. The molecule has 0 saturated heterocycles. The van der Waals surface area contributed by atoms with Gasteiger partial charge in [-0.05, 0) is 24.5 Å². The number of halogens is 2. The largest absolute Gasteiger partial charge is 0.269 e. The molecule has 1 rings (SSSR count). The van der Waals surface area contributed by atoms with Gasteiger partial charge in [0, 0.05) is 22.5 Å². The molecule has 1 aromatic rings. The Kier molecular flexibility index (Phi) is 4.35. The fourth-order valence-corrected chi connectivity index (χ4v) is 1.62. The molecular formula is C9H9BrClNO2. The Morgan fingerprint density at radius 3 is 2.79 bits per heavy atom. The average Bonchev–Trinajstić information content (AvgIpc) is 2.16. The number of rotatable bonds is 4. The van der Waals surface area contributed by atoms with E-state index in [1.165, 1.54) is 12.1 Å². The van der Waals surface area contributed by atoms with E-state index in [1.807, 2.05) is 0 Å². The van der Waals surface area contributed by atoms with Crippen LogP contribution in [-0.2, 0) is 6.42 Å². The van der Waals surface area contributed by atoms with Gasteiger partial charge in [-0.2, -0.15) is 0 Å². The summed E-state index contributed by atoms with van der Waals surface area (Å²) < 4.78 is 0. The quantitative estimate of drug-likeness (QED) is 0.480. The first-order valence-corrected chi connectivity index (χ1v) is 5.64. The molecule has 14 heavy (non-hydrogen) atoms. The Bertz CT molecular complexity index is 344. The third-order valence-corrected chi connectivity index (χ3v) is 2.75. The highest BCUT2D eigenvalue weighted by Crippen LogP contribution is 2.23. The molecule has 1 aromatic carbocycles. The Morgan fingerprint density at radius 1 is 1.50 bits per heavy atom. The van der Waals surface area contributed by atoms with Crippen LogP contribution < -0.4 is 0 Å². The first-order chi connectivity index (χ1) is 6.65. The molecule has 0 heterocycles. The highest BCUT2D eigenvalue weighted by atomic mass is 79.9. The van der Waals surface area contributed by atoms with Gasteiger partial charge in [0.05, 0.1) is 4.92 Å². The van der Waals surface area contributed by atoms with E-state index in [4.69, 9.17) is 11.6 Å². The number of alkyl halides is 1. The highest BCUT2D eigenvalue weighted by molar-refractivity contribution is 9.09. The molecular weight excluding hydrogens is 269 g/mol. The monoisotopic (exact) mass is 277 g/mol. The third-order valence-electron chi connectivity index (χ3n) is 1.82. The predicted molar refractivity (Wildman–Crippen MR) is 60.2 cm³/mol. The number of non-ortho nitro benzene ring substituents is 1. The summed E-state index contributed by atoms with van der Waals surface area (Å²) >= 11 is 9.20. The molecule has 0 bridgehead atoms. The number of nitro groups is 1. The molecule has 0 atom stereocenters. The predicted octanol–water partition coefficient (Wildman–Crippen LogP) is 3.58. The van der Waals surface area contributed by atoms with Gasteiger partial charge in [-0.25, -0.2) is 0 Å². The zero-order valence-electron chi connectivity index (χ0n) is 7.37. The lowest BCUT2D eigenvalue weighted by molar-refractivity contribution is -0.384. The number of benzene rings is 1. The molecule has 0 spiro atoms. The lowest BCUT2D eigenvalue weighted by Crippen LogP contribution is -1.92. The summed E-state index contributed by atoms with van der Waals surface area (Å²) in [5, 5.41) is 12.0. The van der Waals surface area contributed by atoms with Crippen LogP contribution in [0, 0.1) is 10.1 Å². The second-order valence-corrected chi connectivity index (χ2v) is 4.03. The average molecular weight is 279 g/mol. The smallest absolute Gasteiger partial charge is 0.258 e. The minimum absolute atomic E-state index is 0.0963. The van der Waals surface area contributed by atoms with Crippen molar-refractivity contribution < 1.29 is 4.92 Å². The van der Waals surface area contributed by atoms with Crippen molar-refractivity contribution in [1.29, 1.82) is 0 Å². The van der Waals surface area contributed by atoms with Crippen LogP contribution in [-0.4, -0.2) is 10.3 Å².